The number of hydrogen-bond acceptors (Lipinski definition) is 7. The highest BCUT2D eigenvalue weighted by molar-refractivity contribution is 7.90. The molecule has 0 aliphatic carbocycles. The van der Waals surface area contributed by atoms with Gasteiger partial charge in [0.15, 0.2) is 9.84 Å². The normalized spacial score (nSPS) is 12.6. The van der Waals surface area contributed by atoms with Crippen molar-refractivity contribution in [3.8, 4) is 0 Å². The second-order valence-corrected chi connectivity index (χ2v) is 9.79. The summed E-state index contributed by atoms with van der Waals surface area (Å²) in [4.78, 5) is 24.0. The number of sulfone groups is 1. The van der Waals surface area contributed by atoms with Gasteiger partial charge in [-0.25, -0.2) is 12.8 Å². The Kier molecular flexibility index (Phi) is 8.12. The molecule has 12 heteroatoms. The maximum Gasteiger partial charge on any atom is 0.250 e. The number of allylic oxidation sites excluding steroid dienone is 1. The zero-order valence-corrected chi connectivity index (χ0v) is 19.5. The first-order valence-corrected chi connectivity index (χ1v) is 11.8. The number of thiocarbonyl (C=S) groups is 1. The summed E-state index contributed by atoms with van der Waals surface area (Å²) >= 11 is 5.14. The van der Waals surface area contributed by atoms with E-state index in [2.05, 4.69) is 10.6 Å². The first kappa shape index (κ1) is 25.7. The number of hydrogen-bond donors (Lipinski definition) is 5. The predicted octanol–water partition coefficient (Wildman–Crippen LogP) is 1.44. The molecule has 0 aliphatic rings. The molecule has 0 fully saturated rings. The van der Waals surface area contributed by atoms with E-state index in [1.165, 1.54) is 36.4 Å². The lowest BCUT2D eigenvalue weighted by Gasteiger charge is -2.19. The summed E-state index contributed by atoms with van der Waals surface area (Å²) in [5, 5.41) is 5.48. The lowest BCUT2D eigenvalue weighted by molar-refractivity contribution is -0.118. The highest BCUT2D eigenvalue weighted by atomic mass is 32.2. The average Bonchev–Trinajstić information content (AvgIpc) is 2.68. The van der Waals surface area contributed by atoms with E-state index in [0.717, 1.165) is 12.3 Å². The minimum atomic E-state index is -3.38. The van der Waals surface area contributed by atoms with E-state index in [-0.39, 0.29) is 33.2 Å². The van der Waals surface area contributed by atoms with Gasteiger partial charge in [0.2, 0.25) is 5.91 Å². The monoisotopic (exact) mass is 493 g/mol. The van der Waals surface area contributed by atoms with E-state index in [4.69, 9.17) is 29.4 Å². The molecule has 0 radical (unpaired) electrons. The molecule has 0 aromatic heterocycles. The Labute approximate surface area is 196 Å². The van der Waals surface area contributed by atoms with Gasteiger partial charge in [-0.3, -0.25) is 9.59 Å². The van der Waals surface area contributed by atoms with E-state index < -0.39 is 33.5 Å². The van der Waals surface area contributed by atoms with Crippen LogP contribution in [-0.4, -0.2) is 37.5 Å². The Hall–Kier alpha value is -3.51. The first-order chi connectivity index (χ1) is 15.3. The van der Waals surface area contributed by atoms with Gasteiger partial charge >= 0.3 is 0 Å². The van der Waals surface area contributed by atoms with E-state index in [9.17, 15) is 22.4 Å². The van der Waals surface area contributed by atoms with Crippen molar-refractivity contribution in [2.24, 2.45) is 17.2 Å². The zero-order chi connectivity index (χ0) is 24.9. The van der Waals surface area contributed by atoms with Gasteiger partial charge in [0, 0.05) is 18.4 Å². The minimum Gasteiger partial charge on any atom is -0.402 e. The van der Waals surface area contributed by atoms with E-state index >= 15 is 0 Å². The number of halogens is 1. The molecule has 176 valence electrons. The van der Waals surface area contributed by atoms with Crippen molar-refractivity contribution in [2.75, 3.05) is 16.9 Å². The van der Waals surface area contributed by atoms with Crippen LogP contribution in [0.5, 0.6) is 0 Å². The molecule has 2 amide bonds. The summed E-state index contributed by atoms with van der Waals surface area (Å²) in [6.45, 7) is 1.61. The van der Waals surface area contributed by atoms with Crippen LogP contribution in [0.25, 0.3) is 0 Å². The smallest absolute Gasteiger partial charge is 0.250 e. The van der Waals surface area contributed by atoms with Gasteiger partial charge < -0.3 is 27.8 Å². The van der Waals surface area contributed by atoms with E-state index in [0.29, 0.717) is 11.3 Å². The van der Waals surface area contributed by atoms with Crippen LogP contribution in [0, 0.1) is 5.82 Å². The van der Waals surface area contributed by atoms with Crippen LogP contribution in [0.15, 0.2) is 53.1 Å². The van der Waals surface area contributed by atoms with Crippen molar-refractivity contribution >= 4 is 50.2 Å². The Balaban J connectivity index is 2.35. The number of anilines is 2. The second kappa shape index (κ2) is 10.4. The molecule has 0 saturated carbocycles. The molecule has 8 N–H and O–H groups in total. The summed E-state index contributed by atoms with van der Waals surface area (Å²) in [6, 6.07) is 6.98. The molecule has 0 unspecified atom stereocenters. The van der Waals surface area contributed by atoms with Crippen LogP contribution in [0.2, 0.25) is 0 Å². The summed E-state index contributed by atoms with van der Waals surface area (Å²) in [5.74, 6) is -2.51. The maximum absolute atomic E-state index is 14.7. The molecule has 0 saturated heterocycles. The lowest BCUT2D eigenvalue weighted by Crippen LogP contribution is -2.37. The molecule has 2 aromatic carbocycles. The second-order valence-electron chi connectivity index (χ2n) is 7.34. The van der Waals surface area contributed by atoms with Crippen LogP contribution in [-0.2, 0) is 21.1 Å². The minimum absolute atomic E-state index is 0.0483. The van der Waals surface area contributed by atoms with Crippen LogP contribution in [0.1, 0.15) is 22.8 Å². The number of nitrogens with one attached hydrogen (secondary N) is 2. The molecule has 0 heterocycles. The van der Waals surface area contributed by atoms with Gasteiger partial charge in [-0.05, 0) is 42.8 Å². The van der Waals surface area contributed by atoms with Gasteiger partial charge in [-0.15, -0.1) is 0 Å². The van der Waals surface area contributed by atoms with Crippen LogP contribution in [0.4, 0.5) is 15.8 Å². The number of benzene rings is 2. The van der Waals surface area contributed by atoms with Gasteiger partial charge in [0.25, 0.3) is 5.91 Å². The molecular weight excluding hydrogens is 469 g/mol. The molecule has 0 spiro atoms. The van der Waals surface area contributed by atoms with Crippen molar-refractivity contribution in [1.82, 2.24) is 0 Å². The largest absolute Gasteiger partial charge is 0.402 e. The van der Waals surface area contributed by atoms with Crippen molar-refractivity contribution < 1.29 is 22.4 Å². The van der Waals surface area contributed by atoms with Crippen molar-refractivity contribution in [3.05, 3.63) is 65.1 Å². The SMILES string of the molecule is CC(N)=CC(=S)Nc1cc(N[C@H](Cc2ccc(S(C)(=O)=O)cc2)C(N)=O)c(F)cc1C(N)=O. The molecule has 9 nitrogen and oxygen atoms in total. The molecule has 33 heavy (non-hydrogen) atoms. The number of amides is 2. The Morgan fingerprint density at radius 2 is 1.73 bits per heavy atom. The van der Waals surface area contributed by atoms with Crippen LogP contribution in [0.3, 0.4) is 0 Å². The molecule has 2 rings (SSSR count). The van der Waals surface area contributed by atoms with Gasteiger partial charge in [0.05, 0.1) is 21.8 Å². The molecule has 0 aliphatic heterocycles. The number of primary amides is 2. The van der Waals surface area contributed by atoms with Crippen molar-refractivity contribution in [1.29, 1.82) is 0 Å². The van der Waals surface area contributed by atoms with Crippen molar-refractivity contribution in [2.45, 2.75) is 24.3 Å². The molecule has 1 atom stereocenters. The third-order valence-corrected chi connectivity index (χ3v) is 5.80. The summed E-state index contributed by atoms with van der Waals surface area (Å²) in [6.07, 6.45) is 2.56. The van der Waals surface area contributed by atoms with Crippen LogP contribution < -0.4 is 27.8 Å². The Morgan fingerprint density at radius 1 is 1.12 bits per heavy atom. The first-order valence-electron chi connectivity index (χ1n) is 9.51. The summed E-state index contributed by atoms with van der Waals surface area (Å²) in [5.41, 5.74) is 17.2. The fourth-order valence-corrected chi connectivity index (χ4v) is 3.81. The fraction of sp³-hybridized carbons (Fsp3) is 0.190. The number of carbonyl (C=O) groups excluding carboxylic acids is 2. The van der Waals surface area contributed by atoms with E-state index in [1.807, 2.05) is 0 Å². The zero-order valence-electron chi connectivity index (χ0n) is 17.9. The topological polar surface area (TPSA) is 170 Å². The van der Waals surface area contributed by atoms with Crippen LogP contribution >= 0.6 is 12.2 Å². The van der Waals surface area contributed by atoms with Gasteiger partial charge in [0.1, 0.15) is 16.8 Å². The Bertz CT molecular complexity index is 1220. The fourth-order valence-electron chi connectivity index (χ4n) is 2.89. The lowest BCUT2D eigenvalue weighted by atomic mass is 10.0. The van der Waals surface area contributed by atoms with Crippen molar-refractivity contribution in [3.63, 3.8) is 0 Å². The summed E-state index contributed by atoms with van der Waals surface area (Å²) in [7, 11) is -3.38. The number of nitrogens with two attached hydrogens (primary N) is 3. The number of carbonyl (C=O) groups is 2. The maximum atomic E-state index is 14.7. The standard InChI is InChI=1S/C21H24FN5O4S2/c1-11(23)7-19(32)27-16-10-17(15(22)9-14(16)20(24)28)26-18(21(25)29)8-12-3-5-13(6-4-12)33(2,30)31/h3-7,9-10,18,26H,8,23H2,1-2H3,(H2,24,28)(H2,25,29)(H,27,32)/t18-/m1/s1. The predicted molar refractivity (Wildman–Crippen MR) is 129 cm³/mol. The third kappa shape index (κ3) is 7.26. The molecular formula is C21H24FN5O4S2. The third-order valence-electron chi connectivity index (χ3n) is 4.45. The summed E-state index contributed by atoms with van der Waals surface area (Å²) < 4.78 is 37.9. The number of rotatable bonds is 9. The van der Waals surface area contributed by atoms with Gasteiger partial charge in [-0.2, -0.15) is 0 Å². The molecule has 0 bridgehead atoms. The van der Waals surface area contributed by atoms with Gasteiger partial charge in [-0.1, -0.05) is 24.4 Å². The average molecular weight is 494 g/mol. The van der Waals surface area contributed by atoms with E-state index in [1.54, 1.807) is 6.92 Å². The Morgan fingerprint density at radius 3 is 2.21 bits per heavy atom. The molecule has 2 aromatic rings. The quantitative estimate of drug-likeness (QED) is 0.258. The highest BCUT2D eigenvalue weighted by Crippen LogP contribution is 2.26. The highest BCUT2D eigenvalue weighted by Gasteiger charge is 2.21.